The van der Waals surface area contributed by atoms with E-state index >= 15 is 0 Å². The number of anilines is 1. The fourth-order valence-corrected chi connectivity index (χ4v) is 3.09. The van der Waals surface area contributed by atoms with Gasteiger partial charge in [0.2, 0.25) is 5.95 Å². The van der Waals surface area contributed by atoms with Crippen LogP contribution in [-0.4, -0.2) is 40.9 Å². The van der Waals surface area contributed by atoms with E-state index in [0.717, 1.165) is 19.3 Å². The van der Waals surface area contributed by atoms with Crippen molar-refractivity contribution in [2.24, 2.45) is 4.99 Å². The van der Waals surface area contributed by atoms with E-state index in [1.54, 1.807) is 30.3 Å². The zero-order chi connectivity index (χ0) is 20.1. The van der Waals surface area contributed by atoms with Gasteiger partial charge in [-0.2, -0.15) is 4.39 Å². The lowest BCUT2D eigenvalue weighted by Gasteiger charge is -2.41. The van der Waals surface area contributed by atoms with Gasteiger partial charge in [-0.3, -0.25) is 9.79 Å². The highest BCUT2D eigenvalue weighted by atomic mass is 19.1. The number of amides is 1. The minimum Gasteiger partial charge on any atom is -0.489 e. The Morgan fingerprint density at radius 3 is 2.82 bits per heavy atom. The number of hydrogen-bond acceptors (Lipinski definition) is 6. The topological polar surface area (TPSA) is 110 Å². The Balaban J connectivity index is 1.77. The minimum absolute atomic E-state index is 0.0124. The Morgan fingerprint density at radius 1 is 1.43 bits per heavy atom. The van der Waals surface area contributed by atoms with Crippen molar-refractivity contribution < 1.29 is 19.0 Å². The first-order valence-corrected chi connectivity index (χ1v) is 9.00. The van der Waals surface area contributed by atoms with Gasteiger partial charge in [-0.1, -0.05) is 0 Å². The maximum absolute atomic E-state index is 13.7. The molecule has 1 aliphatic carbocycles. The zero-order valence-corrected chi connectivity index (χ0v) is 15.6. The fourth-order valence-electron chi connectivity index (χ4n) is 3.09. The molecule has 0 aliphatic heterocycles. The molecule has 1 aromatic heterocycles. The van der Waals surface area contributed by atoms with Gasteiger partial charge in [0.1, 0.15) is 18.1 Å². The third-order valence-electron chi connectivity index (χ3n) is 4.94. The molecular weight excluding hydrogens is 363 g/mol. The summed E-state index contributed by atoms with van der Waals surface area (Å²) in [6, 6.07) is 8.05. The van der Waals surface area contributed by atoms with Crippen LogP contribution >= 0.6 is 0 Å². The fraction of sp³-hybridized carbons (Fsp3) is 0.350. The van der Waals surface area contributed by atoms with E-state index in [1.165, 1.54) is 13.2 Å². The summed E-state index contributed by atoms with van der Waals surface area (Å²) in [6.45, 7) is -0.132. The van der Waals surface area contributed by atoms with E-state index in [0.29, 0.717) is 22.6 Å². The number of carbonyl (C=O) groups is 1. The van der Waals surface area contributed by atoms with E-state index < -0.39 is 17.4 Å². The van der Waals surface area contributed by atoms with Crippen molar-refractivity contribution in [3.05, 3.63) is 53.6 Å². The van der Waals surface area contributed by atoms with Gasteiger partial charge in [0.15, 0.2) is 0 Å². The van der Waals surface area contributed by atoms with Crippen LogP contribution < -0.4 is 15.8 Å². The number of nitrogens with two attached hydrogens (primary N) is 1. The number of rotatable bonds is 7. The number of hydrogen-bond donors (Lipinski definition) is 3. The van der Waals surface area contributed by atoms with E-state index in [2.05, 4.69) is 15.3 Å². The third kappa shape index (κ3) is 4.12. The van der Waals surface area contributed by atoms with Gasteiger partial charge in [0, 0.05) is 30.1 Å². The van der Waals surface area contributed by atoms with Crippen LogP contribution in [0.2, 0.25) is 0 Å². The van der Waals surface area contributed by atoms with Crippen LogP contribution in [0, 0.1) is 5.95 Å². The van der Waals surface area contributed by atoms with Crippen LogP contribution in [0.3, 0.4) is 0 Å². The monoisotopic (exact) mass is 386 g/mol. The summed E-state index contributed by atoms with van der Waals surface area (Å²) in [4.78, 5) is 20.4. The second kappa shape index (κ2) is 8.35. The summed E-state index contributed by atoms with van der Waals surface area (Å²) in [7, 11) is 1.50. The first-order valence-electron chi connectivity index (χ1n) is 9.00. The molecule has 1 heterocycles. The van der Waals surface area contributed by atoms with Gasteiger partial charge in [0.25, 0.3) is 5.91 Å². The van der Waals surface area contributed by atoms with Crippen LogP contribution in [0.5, 0.6) is 5.75 Å². The van der Waals surface area contributed by atoms with Crippen LogP contribution in [0.1, 0.15) is 30.4 Å². The minimum atomic E-state index is -0.594. The number of aliphatic imine (C=N–C) groups is 1. The summed E-state index contributed by atoms with van der Waals surface area (Å²) in [5, 5.41) is 12.4. The second-order valence-corrected chi connectivity index (χ2v) is 6.81. The van der Waals surface area contributed by atoms with Crippen LogP contribution in [0.25, 0.3) is 0 Å². The van der Waals surface area contributed by atoms with Gasteiger partial charge in [0.05, 0.1) is 12.1 Å². The van der Waals surface area contributed by atoms with Crippen molar-refractivity contribution in [1.29, 1.82) is 0 Å². The van der Waals surface area contributed by atoms with Crippen molar-refractivity contribution in [1.82, 2.24) is 10.3 Å². The number of pyridine rings is 1. The maximum Gasteiger partial charge on any atom is 0.270 e. The van der Waals surface area contributed by atoms with Crippen molar-refractivity contribution in [2.75, 3.05) is 19.4 Å². The quantitative estimate of drug-likeness (QED) is 0.382. The Labute approximate surface area is 162 Å². The van der Waals surface area contributed by atoms with E-state index in [9.17, 15) is 14.3 Å². The number of benzene rings is 1. The number of aromatic nitrogens is 1. The normalized spacial score (nSPS) is 15.6. The lowest BCUT2D eigenvalue weighted by Crippen LogP contribution is -2.57. The number of carbonyl (C=O) groups excluding carboxylic acids is 1. The number of ether oxygens (including phenoxy) is 1. The number of halogens is 1. The number of nitrogen functional groups attached to an aromatic ring is 1. The molecule has 0 atom stereocenters. The van der Waals surface area contributed by atoms with Crippen LogP contribution in [0.4, 0.5) is 10.1 Å². The molecule has 8 heteroatoms. The molecule has 0 radical (unpaired) electrons. The molecule has 7 nitrogen and oxygen atoms in total. The summed E-state index contributed by atoms with van der Waals surface area (Å²) < 4.78 is 19.3. The van der Waals surface area contributed by atoms with Gasteiger partial charge in [-0.15, -0.1) is 0 Å². The highest BCUT2D eigenvalue weighted by Crippen LogP contribution is 2.31. The average Bonchev–Trinajstić information content (AvgIpc) is 2.66. The Hall–Kier alpha value is -3.00. The number of nitrogens with one attached hydrogen (secondary N) is 1. The number of aliphatic hydroxyl groups excluding tert-OH is 1. The molecule has 0 bridgehead atoms. The molecule has 4 N–H and O–H groups in total. The van der Waals surface area contributed by atoms with Crippen LogP contribution in [0.15, 0.2) is 41.5 Å². The smallest absolute Gasteiger partial charge is 0.270 e. The highest BCUT2D eigenvalue weighted by molar-refractivity contribution is 6.46. The molecule has 28 heavy (non-hydrogen) atoms. The van der Waals surface area contributed by atoms with Crippen molar-refractivity contribution in [3.8, 4) is 5.75 Å². The summed E-state index contributed by atoms with van der Waals surface area (Å²) in [5.74, 6) is -0.580. The molecule has 1 saturated carbocycles. The second-order valence-electron chi connectivity index (χ2n) is 6.81. The van der Waals surface area contributed by atoms with Crippen molar-refractivity contribution in [3.63, 3.8) is 0 Å². The SMILES string of the molecule is CN=C(C(=O)NC1(CO)CCC1)c1cc(OCc2cccnc2F)ccc1N. The Morgan fingerprint density at radius 2 is 2.21 bits per heavy atom. The number of aliphatic hydroxyl groups is 1. The molecule has 1 fully saturated rings. The first kappa shape index (κ1) is 19.8. The van der Waals surface area contributed by atoms with Gasteiger partial charge >= 0.3 is 0 Å². The summed E-state index contributed by atoms with van der Waals surface area (Å²) in [5.41, 5.74) is 6.70. The average molecular weight is 386 g/mol. The van der Waals surface area contributed by atoms with Gasteiger partial charge in [-0.05, 0) is 49.6 Å². The lowest BCUT2D eigenvalue weighted by atomic mass is 9.77. The highest BCUT2D eigenvalue weighted by Gasteiger charge is 2.38. The molecule has 1 aliphatic rings. The predicted molar refractivity (Wildman–Crippen MR) is 104 cm³/mol. The van der Waals surface area contributed by atoms with E-state index in [4.69, 9.17) is 10.5 Å². The molecule has 0 spiro atoms. The number of nitrogens with zero attached hydrogens (tertiary/aromatic N) is 2. The maximum atomic E-state index is 13.7. The van der Waals surface area contributed by atoms with Gasteiger partial charge < -0.3 is 20.9 Å². The van der Waals surface area contributed by atoms with Crippen molar-refractivity contribution in [2.45, 2.75) is 31.4 Å². The Bertz CT molecular complexity index is 891. The summed E-state index contributed by atoms with van der Waals surface area (Å²) >= 11 is 0. The van der Waals surface area contributed by atoms with Crippen LogP contribution in [-0.2, 0) is 11.4 Å². The molecule has 1 amide bonds. The third-order valence-corrected chi connectivity index (χ3v) is 4.94. The van der Waals surface area contributed by atoms with Gasteiger partial charge in [-0.25, -0.2) is 4.98 Å². The first-order chi connectivity index (χ1) is 13.5. The molecule has 0 saturated heterocycles. The molecule has 2 aromatic rings. The predicted octanol–water partition coefficient (Wildman–Crippen LogP) is 1.83. The molecule has 0 unspecified atom stereocenters. The largest absolute Gasteiger partial charge is 0.489 e. The van der Waals surface area contributed by atoms with Crippen molar-refractivity contribution >= 4 is 17.3 Å². The molecular formula is C20H23FN4O3. The Kier molecular flexibility index (Phi) is 5.89. The summed E-state index contributed by atoms with van der Waals surface area (Å²) in [6.07, 6.45) is 3.77. The zero-order valence-electron chi connectivity index (χ0n) is 15.6. The standard InChI is InChI=1S/C20H23FN4O3/c1-23-17(19(27)25-20(12-26)7-3-8-20)15-10-14(5-6-16(15)22)28-11-13-4-2-9-24-18(13)21/h2,4-6,9-10,26H,3,7-8,11-12,22H2,1H3,(H,25,27). The van der Waals surface area contributed by atoms with E-state index in [1.807, 2.05) is 0 Å². The van der Waals surface area contributed by atoms with E-state index in [-0.39, 0.29) is 18.9 Å². The molecule has 3 rings (SSSR count). The lowest BCUT2D eigenvalue weighted by molar-refractivity contribution is -0.118. The molecule has 1 aromatic carbocycles. The molecule has 148 valence electrons.